The molecule has 1 aliphatic heterocycles. The minimum absolute atomic E-state index is 0.0490. The van der Waals surface area contributed by atoms with Crippen LogP contribution >= 0.6 is 11.3 Å². The van der Waals surface area contributed by atoms with E-state index in [4.69, 9.17) is 4.74 Å². The first-order valence-electron chi connectivity index (χ1n) is 9.99. The summed E-state index contributed by atoms with van der Waals surface area (Å²) >= 11 is 1.60. The van der Waals surface area contributed by atoms with E-state index in [0.29, 0.717) is 24.4 Å². The maximum atomic E-state index is 13.4. The van der Waals surface area contributed by atoms with E-state index in [1.54, 1.807) is 40.5 Å². The number of ether oxygens (including phenoxy) is 1. The highest BCUT2D eigenvalue weighted by atomic mass is 32.2. The second kappa shape index (κ2) is 8.49. The van der Waals surface area contributed by atoms with Gasteiger partial charge in [0.1, 0.15) is 10.8 Å². The molecule has 4 rings (SSSR count). The fourth-order valence-electron chi connectivity index (χ4n) is 3.70. The summed E-state index contributed by atoms with van der Waals surface area (Å²) < 4.78 is 34.5. The molecule has 1 aromatic carbocycles. The second-order valence-corrected chi connectivity index (χ2v) is 10.6. The lowest BCUT2D eigenvalue weighted by Crippen LogP contribution is -2.50. The molecule has 31 heavy (non-hydrogen) atoms. The molecule has 3 aromatic rings. The fraction of sp³-hybridized carbons (Fsp3) is 0.318. The van der Waals surface area contributed by atoms with Gasteiger partial charge in [-0.2, -0.15) is 4.31 Å². The van der Waals surface area contributed by atoms with E-state index in [1.165, 1.54) is 11.4 Å². The Hall–Kier alpha value is -2.62. The van der Waals surface area contributed by atoms with Gasteiger partial charge in [-0.25, -0.2) is 8.42 Å². The lowest BCUT2D eigenvalue weighted by Gasteiger charge is -2.34. The zero-order valence-electron chi connectivity index (χ0n) is 17.7. The van der Waals surface area contributed by atoms with Gasteiger partial charge in [-0.3, -0.25) is 4.79 Å². The summed E-state index contributed by atoms with van der Waals surface area (Å²) in [6.07, 6.45) is 3.86. The lowest BCUT2D eigenvalue weighted by molar-refractivity contribution is 0.0697. The predicted octanol–water partition coefficient (Wildman–Crippen LogP) is 3.31. The first-order chi connectivity index (χ1) is 14.8. The highest BCUT2D eigenvalue weighted by Gasteiger charge is 2.32. The number of hydrogen-bond donors (Lipinski definition) is 0. The number of methoxy groups -OCH3 is 1. The third-order valence-corrected chi connectivity index (χ3v) is 8.78. The first kappa shape index (κ1) is 21.6. The Morgan fingerprint density at radius 1 is 1.00 bits per heavy atom. The van der Waals surface area contributed by atoms with Crippen molar-refractivity contribution < 1.29 is 17.9 Å². The molecule has 0 unspecified atom stereocenters. The van der Waals surface area contributed by atoms with Crippen LogP contribution in [0, 0.1) is 13.8 Å². The molecule has 9 heteroatoms. The molecule has 0 saturated carbocycles. The monoisotopic (exact) mass is 459 g/mol. The molecule has 1 saturated heterocycles. The molecular weight excluding hydrogens is 434 g/mol. The van der Waals surface area contributed by atoms with Crippen molar-refractivity contribution in [3.8, 4) is 10.8 Å². The third-order valence-electron chi connectivity index (χ3n) is 5.64. The number of rotatable bonds is 5. The number of nitrogens with zero attached hydrogens (tertiary/aromatic N) is 3. The van der Waals surface area contributed by atoms with Crippen molar-refractivity contribution in [2.24, 2.45) is 0 Å². The maximum absolute atomic E-state index is 13.4. The number of aromatic nitrogens is 1. The Morgan fingerprint density at radius 3 is 2.19 bits per heavy atom. The van der Waals surface area contributed by atoms with Crippen molar-refractivity contribution >= 4 is 27.3 Å². The molecule has 7 nitrogen and oxygen atoms in total. The topological polar surface area (TPSA) is 71.9 Å². The molecule has 0 radical (unpaired) electrons. The molecule has 0 bridgehead atoms. The number of carbonyl (C=O) groups is 1. The highest BCUT2D eigenvalue weighted by molar-refractivity contribution is 7.89. The average molecular weight is 460 g/mol. The first-order valence-corrected chi connectivity index (χ1v) is 12.3. The number of amides is 1. The van der Waals surface area contributed by atoms with Gasteiger partial charge in [0.25, 0.3) is 5.91 Å². The van der Waals surface area contributed by atoms with Crippen molar-refractivity contribution in [1.29, 1.82) is 0 Å². The van der Waals surface area contributed by atoms with Gasteiger partial charge in [0, 0.05) is 43.4 Å². The van der Waals surface area contributed by atoms with E-state index < -0.39 is 10.0 Å². The van der Waals surface area contributed by atoms with E-state index in [2.05, 4.69) is 0 Å². The van der Waals surface area contributed by atoms with Crippen LogP contribution in [0.2, 0.25) is 0 Å². The fourth-order valence-corrected chi connectivity index (χ4v) is 6.24. The molecule has 1 aliphatic rings. The van der Waals surface area contributed by atoms with Crippen molar-refractivity contribution in [1.82, 2.24) is 13.8 Å². The molecule has 0 spiro atoms. The second-order valence-electron chi connectivity index (χ2n) is 7.43. The van der Waals surface area contributed by atoms with E-state index in [9.17, 15) is 13.2 Å². The van der Waals surface area contributed by atoms with Crippen LogP contribution in [0.4, 0.5) is 0 Å². The molecule has 0 N–H and O–H groups in total. The van der Waals surface area contributed by atoms with E-state index in [1.807, 2.05) is 42.9 Å². The molecule has 0 atom stereocenters. The van der Waals surface area contributed by atoms with Gasteiger partial charge in [-0.05, 0) is 55.8 Å². The number of hydrogen-bond acceptors (Lipinski definition) is 5. The largest absolute Gasteiger partial charge is 0.497 e. The van der Waals surface area contributed by atoms with Crippen LogP contribution in [0.1, 0.15) is 20.8 Å². The molecular formula is C22H25N3O4S2. The Bertz CT molecular complexity index is 1170. The van der Waals surface area contributed by atoms with E-state index in [-0.39, 0.29) is 23.9 Å². The summed E-state index contributed by atoms with van der Waals surface area (Å²) in [6.45, 7) is 5.23. The van der Waals surface area contributed by atoms with E-state index >= 15 is 0 Å². The standard InChI is InChI=1S/C22H25N3O4S2/c1-16-17(2)30-22(24-10-4-5-11-24)20(16)21(26)23-12-14-25(15-13-23)31(27,28)19-8-6-18(29-3)7-9-19/h4-11H,12-15H2,1-3H3. The van der Waals surface area contributed by atoms with Gasteiger partial charge in [-0.15, -0.1) is 11.3 Å². The van der Waals surface area contributed by atoms with Crippen molar-refractivity contribution in [3.63, 3.8) is 0 Å². The highest BCUT2D eigenvalue weighted by Crippen LogP contribution is 2.32. The van der Waals surface area contributed by atoms with Crippen molar-refractivity contribution in [2.75, 3.05) is 33.3 Å². The van der Waals surface area contributed by atoms with Gasteiger partial charge in [0.2, 0.25) is 10.0 Å². The number of thiophene rings is 1. The summed E-state index contributed by atoms with van der Waals surface area (Å²) in [5, 5.41) is 0.901. The molecule has 0 aliphatic carbocycles. The predicted molar refractivity (Wildman–Crippen MR) is 121 cm³/mol. The van der Waals surface area contributed by atoms with Crippen LogP contribution in [0.15, 0.2) is 53.7 Å². The van der Waals surface area contributed by atoms with Crippen LogP contribution < -0.4 is 4.74 Å². The smallest absolute Gasteiger partial charge is 0.257 e. The number of carbonyl (C=O) groups excluding carboxylic acids is 1. The molecule has 1 amide bonds. The summed E-state index contributed by atoms with van der Waals surface area (Å²) in [5.74, 6) is 0.557. The lowest BCUT2D eigenvalue weighted by atomic mass is 10.1. The van der Waals surface area contributed by atoms with Gasteiger partial charge >= 0.3 is 0 Å². The van der Waals surface area contributed by atoms with Gasteiger partial charge < -0.3 is 14.2 Å². The zero-order valence-corrected chi connectivity index (χ0v) is 19.4. The maximum Gasteiger partial charge on any atom is 0.257 e. The van der Waals surface area contributed by atoms with Gasteiger partial charge in [0.05, 0.1) is 17.6 Å². The van der Waals surface area contributed by atoms with Crippen LogP contribution in [-0.2, 0) is 10.0 Å². The Labute approximate surface area is 186 Å². The number of aryl methyl sites for hydroxylation is 1. The zero-order chi connectivity index (χ0) is 22.2. The van der Waals surface area contributed by atoms with E-state index in [0.717, 1.165) is 15.4 Å². The summed E-state index contributed by atoms with van der Waals surface area (Å²) in [7, 11) is -2.07. The third kappa shape index (κ3) is 4.00. The number of piperazine rings is 1. The molecule has 164 valence electrons. The molecule has 3 heterocycles. The summed E-state index contributed by atoms with van der Waals surface area (Å²) in [5.41, 5.74) is 1.68. The Kier molecular flexibility index (Phi) is 5.92. The number of sulfonamides is 1. The van der Waals surface area contributed by atoms with Gasteiger partial charge in [0.15, 0.2) is 0 Å². The minimum Gasteiger partial charge on any atom is -0.497 e. The summed E-state index contributed by atoms with van der Waals surface area (Å²) in [6, 6.07) is 10.2. The quantitative estimate of drug-likeness (QED) is 0.587. The van der Waals surface area contributed by atoms with Crippen molar-refractivity contribution in [2.45, 2.75) is 18.7 Å². The van der Waals surface area contributed by atoms with Crippen LogP contribution in [0.25, 0.3) is 5.00 Å². The average Bonchev–Trinajstić information content (AvgIpc) is 3.42. The molecule has 2 aromatic heterocycles. The SMILES string of the molecule is COc1ccc(S(=O)(=O)N2CCN(C(=O)c3c(-n4cccc4)sc(C)c3C)CC2)cc1. The minimum atomic E-state index is -3.61. The Balaban J connectivity index is 1.51. The van der Waals surface area contributed by atoms with Crippen LogP contribution in [0.3, 0.4) is 0 Å². The van der Waals surface area contributed by atoms with Gasteiger partial charge in [-0.1, -0.05) is 0 Å². The van der Waals surface area contributed by atoms with Crippen LogP contribution in [0.5, 0.6) is 5.75 Å². The number of benzene rings is 1. The van der Waals surface area contributed by atoms with Crippen molar-refractivity contribution in [3.05, 3.63) is 64.8 Å². The molecule has 1 fully saturated rings. The Morgan fingerprint density at radius 2 is 1.61 bits per heavy atom. The van der Waals surface area contributed by atoms with Crippen LogP contribution in [-0.4, -0.2) is 61.4 Å². The summed E-state index contributed by atoms with van der Waals surface area (Å²) in [4.78, 5) is 16.5. The normalized spacial score (nSPS) is 15.3.